The number of hydrogen-bond donors (Lipinski definition) is 2. The van der Waals surface area contributed by atoms with Gasteiger partial charge in [0.05, 0.1) is 12.1 Å². The van der Waals surface area contributed by atoms with E-state index in [0.29, 0.717) is 17.7 Å². The second-order valence-electron chi connectivity index (χ2n) is 7.47. The molecule has 4 aromatic rings. The molecule has 1 atom stereocenters. The first-order valence-corrected chi connectivity index (χ1v) is 10.0. The Balaban J connectivity index is 1.61. The predicted molar refractivity (Wildman–Crippen MR) is 117 cm³/mol. The number of carbonyl (C=O) groups is 1. The Labute approximate surface area is 174 Å². The fourth-order valence-electron chi connectivity index (χ4n) is 4.00. The van der Waals surface area contributed by atoms with Gasteiger partial charge in [0, 0.05) is 22.3 Å². The molecule has 0 saturated heterocycles. The Morgan fingerprint density at radius 1 is 0.933 bits per heavy atom. The summed E-state index contributed by atoms with van der Waals surface area (Å²) in [6.07, 6.45) is 2.18. The molecule has 152 valence electrons. The third-order valence-corrected chi connectivity index (χ3v) is 5.45. The van der Waals surface area contributed by atoms with Crippen LogP contribution < -0.4 is 0 Å². The number of hydrogen-bond acceptors (Lipinski definition) is 4. The van der Waals surface area contributed by atoms with Crippen LogP contribution in [0, 0.1) is 5.92 Å². The summed E-state index contributed by atoms with van der Waals surface area (Å²) in [7, 11) is 0. The lowest BCUT2D eigenvalue weighted by molar-refractivity contribution is -0.137. The standard InChI is InChI=1S/C25H23NO4/c27-24(28)16-18(10-6-9-17-7-2-1-3-8-17)25(26-29)19-13-14-23-21(15-19)20-11-4-5-12-22(20)30-23/h1-5,7-8,11-15,18,29H,6,9-10,16H2,(H,27,28). The van der Waals surface area contributed by atoms with Crippen LogP contribution in [0.3, 0.4) is 0 Å². The van der Waals surface area contributed by atoms with E-state index < -0.39 is 5.97 Å². The lowest BCUT2D eigenvalue weighted by atomic mass is 9.88. The van der Waals surface area contributed by atoms with Crippen LogP contribution in [0.1, 0.15) is 30.4 Å². The minimum atomic E-state index is -0.907. The average molecular weight is 401 g/mol. The molecule has 0 radical (unpaired) electrons. The molecular weight excluding hydrogens is 378 g/mol. The van der Waals surface area contributed by atoms with Crippen LogP contribution in [-0.4, -0.2) is 22.0 Å². The van der Waals surface area contributed by atoms with E-state index in [2.05, 4.69) is 17.3 Å². The maximum atomic E-state index is 11.5. The maximum absolute atomic E-state index is 11.5. The van der Waals surface area contributed by atoms with Gasteiger partial charge in [0.15, 0.2) is 0 Å². The molecule has 5 nitrogen and oxygen atoms in total. The molecule has 2 N–H and O–H groups in total. The van der Waals surface area contributed by atoms with Gasteiger partial charge >= 0.3 is 5.97 Å². The number of oxime groups is 1. The molecule has 0 saturated carbocycles. The topological polar surface area (TPSA) is 83.0 Å². The van der Waals surface area contributed by atoms with Gasteiger partial charge in [-0.05, 0) is 49.1 Å². The number of furan rings is 1. The van der Waals surface area contributed by atoms with E-state index in [1.165, 1.54) is 5.56 Å². The Kier molecular flexibility index (Phi) is 5.80. The zero-order valence-electron chi connectivity index (χ0n) is 16.5. The van der Waals surface area contributed by atoms with Crippen molar-refractivity contribution in [3.05, 3.63) is 83.9 Å². The molecule has 0 bridgehead atoms. The third kappa shape index (κ3) is 4.20. The molecular formula is C25H23NO4. The zero-order chi connectivity index (χ0) is 20.9. The van der Waals surface area contributed by atoms with Gasteiger partial charge in [-0.1, -0.05) is 53.7 Å². The van der Waals surface area contributed by atoms with Crippen LogP contribution in [0.15, 0.2) is 82.4 Å². The number of benzene rings is 3. The third-order valence-electron chi connectivity index (χ3n) is 5.45. The quantitative estimate of drug-likeness (QED) is 0.219. The number of para-hydroxylation sites is 1. The highest BCUT2D eigenvalue weighted by atomic mass is 16.4. The number of nitrogens with zero attached hydrogens (tertiary/aromatic N) is 1. The summed E-state index contributed by atoms with van der Waals surface area (Å²) < 4.78 is 5.86. The predicted octanol–water partition coefficient (Wildman–Crippen LogP) is 5.88. The number of carboxylic acids is 1. The first kappa shape index (κ1) is 19.7. The Morgan fingerprint density at radius 3 is 2.43 bits per heavy atom. The summed E-state index contributed by atoms with van der Waals surface area (Å²) in [6.45, 7) is 0. The highest BCUT2D eigenvalue weighted by Gasteiger charge is 2.22. The molecule has 1 heterocycles. The van der Waals surface area contributed by atoms with Gasteiger partial charge in [-0.25, -0.2) is 0 Å². The smallest absolute Gasteiger partial charge is 0.304 e. The van der Waals surface area contributed by atoms with Crippen LogP contribution in [0.2, 0.25) is 0 Å². The van der Waals surface area contributed by atoms with Crippen LogP contribution in [0.5, 0.6) is 0 Å². The van der Waals surface area contributed by atoms with Gasteiger partial charge in [-0.2, -0.15) is 0 Å². The van der Waals surface area contributed by atoms with E-state index in [4.69, 9.17) is 4.42 Å². The van der Waals surface area contributed by atoms with E-state index in [-0.39, 0.29) is 12.3 Å². The maximum Gasteiger partial charge on any atom is 0.304 e. The number of rotatable bonds is 8. The SMILES string of the molecule is O=C(O)CC(CCCc1ccccc1)C(=NO)c1ccc2oc3ccccc3c2c1. The van der Waals surface area contributed by atoms with E-state index >= 15 is 0 Å². The Bertz CT molecular complexity index is 1190. The van der Waals surface area contributed by atoms with Crippen LogP contribution in [0.4, 0.5) is 0 Å². The van der Waals surface area contributed by atoms with Gasteiger partial charge in [-0.15, -0.1) is 0 Å². The van der Waals surface area contributed by atoms with Crippen LogP contribution in [-0.2, 0) is 11.2 Å². The fourth-order valence-corrected chi connectivity index (χ4v) is 4.00. The van der Waals surface area contributed by atoms with Crippen LogP contribution in [0.25, 0.3) is 21.9 Å². The summed E-state index contributed by atoms with van der Waals surface area (Å²) >= 11 is 0. The van der Waals surface area contributed by atoms with Gasteiger partial charge < -0.3 is 14.7 Å². The second kappa shape index (κ2) is 8.82. The summed E-state index contributed by atoms with van der Waals surface area (Å²) in [5, 5.41) is 24.6. The van der Waals surface area contributed by atoms with Crippen molar-refractivity contribution in [1.82, 2.24) is 0 Å². The minimum absolute atomic E-state index is 0.0850. The largest absolute Gasteiger partial charge is 0.481 e. The highest BCUT2D eigenvalue weighted by Crippen LogP contribution is 2.30. The molecule has 1 unspecified atom stereocenters. The second-order valence-corrected chi connectivity index (χ2v) is 7.47. The molecule has 0 fully saturated rings. The van der Waals surface area contributed by atoms with E-state index in [9.17, 15) is 15.1 Å². The van der Waals surface area contributed by atoms with Crippen molar-refractivity contribution in [2.24, 2.45) is 11.1 Å². The summed E-state index contributed by atoms with van der Waals surface area (Å²) in [5.41, 5.74) is 3.86. The molecule has 0 amide bonds. The zero-order valence-corrected chi connectivity index (χ0v) is 16.5. The van der Waals surface area contributed by atoms with Gasteiger partial charge in [0.25, 0.3) is 0 Å². The van der Waals surface area contributed by atoms with E-state index in [1.54, 1.807) is 0 Å². The van der Waals surface area contributed by atoms with Crippen molar-refractivity contribution in [2.45, 2.75) is 25.7 Å². The monoisotopic (exact) mass is 401 g/mol. The van der Waals surface area contributed by atoms with E-state index in [1.807, 2.05) is 60.7 Å². The molecule has 4 rings (SSSR count). The highest BCUT2D eigenvalue weighted by molar-refractivity contribution is 6.10. The molecule has 0 spiro atoms. The van der Waals surface area contributed by atoms with Crippen molar-refractivity contribution >= 4 is 33.6 Å². The molecule has 0 aliphatic carbocycles. The van der Waals surface area contributed by atoms with Crippen molar-refractivity contribution in [2.75, 3.05) is 0 Å². The molecule has 5 heteroatoms. The molecule has 30 heavy (non-hydrogen) atoms. The average Bonchev–Trinajstić information content (AvgIpc) is 3.13. The number of fused-ring (bicyclic) bond motifs is 3. The Morgan fingerprint density at radius 2 is 1.67 bits per heavy atom. The minimum Gasteiger partial charge on any atom is -0.481 e. The van der Waals surface area contributed by atoms with Gasteiger partial charge in [0.1, 0.15) is 11.2 Å². The molecule has 0 aliphatic rings. The molecule has 0 aliphatic heterocycles. The lowest BCUT2D eigenvalue weighted by Gasteiger charge is -2.17. The first-order chi connectivity index (χ1) is 14.7. The van der Waals surface area contributed by atoms with Crippen molar-refractivity contribution < 1.29 is 19.5 Å². The van der Waals surface area contributed by atoms with Gasteiger partial charge in [-0.3, -0.25) is 4.79 Å². The first-order valence-electron chi connectivity index (χ1n) is 10.0. The summed E-state index contributed by atoms with van der Waals surface area (Å²) in [4.78, 5) is 11.5. The normalized spacial score (nSPS) is 13.0. The van der Waals surface area contributed by atoms with Gasteiger partial charge in [0.2, 0.25) is 0 Å². The fraction of sp³-hybridized carbons (Fsp3) is 0.200. The van der Waals surface area contributed by atoms with Crippen molar-refractivity contribution in [3.8, 4) is 0 Å². The Hall–Kier alpha value is -3.60. The molecule has 1 aromatic heterocycles. The van der Waals surface area contributed by atoms with Crippen molar-refractivity contribution in [1.29, 1.82) is 0 Å². The molecule has 3 aromatic carbocycles. The number of carboxylic acid groups (broad SMARTS) is 1. The lowest BCUT2D eigenvalue weighted by Crippen LogP contribution is -2.20. The summed E-state index contributed by atoms with van der Waals surface area (Å²) in [6, 6.07) is 23.4. The van der Waals surface area contributed by atoms with Crippen molar-refractivity contribution in [3.63, 3.8) is 0 Å². The van der Waals surface area contributed by atoms with Crippen LogP contribution >= 0.6 is 0 Å². The number of aliphatic carboxylic acids is 1. The number of aryl methyl sites for hydroxylation is 1. The van der Waals surface area contributed by atoms with E-state index in [0.717, 1.165) is 34.8 Å². The summed E-state index contributed by atoms with van der Waals surface area (Å²) in [5.74, 6) is -1.29.